The number of hydrogen-bond acceptors (Lipinski definition) is 8. The molecule has 3 atom stereocenters. The van der Waals surface area contributed by atoms with Gasteiger partial charge in [0.25, 0.3) is 0 Å². The predicted octanol–water partition coefficient (Wildman–Crippen LogP) is 1.98. The normalized spacial score (nSPS) is 15.7. The number of rotatable bonds is 5. The van der Waals surface area contributed by atoms with Crippen LogP contribution in [0.15, 0.2) is 6.20 Å². The van der Waals surface area contributed by atoms with Crippen molar-refractivity contribution in [1.29, 1.82) is 0 Å². The van der Waals surface area contributed by atoms with Gasteiger partial charge < -0.3 is 11.1 Å². The third-order valence-corrected chi connectivity index (χ3v) is 87.3. The smallest absolute Gasteiger partial charge is 0.136 e. The first-order valence-electron chi connectivity index (χ1n) is 16.6. The second-order valence-corrected chi connectivity index (χ2v) is 76.5. The Bertz CT molecular complexity index is 3420. The number of nitrogens with zero attached hydrogens (tertiary/aromatic N) is 3. The van der Waals surface area contributed by atoms with Gasteiger partial charge in [-0.2, -0.15) is 0 Å². The van der Waals surface area contributed by atoms with Crippen LogP contribution < -0.4 is 11.1 Å². The summed E-state index contributed by atoms with van der Waals surface area (Å²) in [5, 5.41) is 11.6. The SMILES string of the molecule is CC(=O)CC(N)C1CCC1.Cn1cc(C2CC(=O)CC(C3CCC3)N2)nn1.S=S=S=S=S=S=S=S=S=S=S=S=S=S=S=S=S=S=S=S=S=S=S=S=S=S=S=S=S=S=S=S=S=S=S=S=S=S=S. The van der Waals surface area contributed by atoms with E-state index in [1.165, 1.54) is 56.3 Å². The summed E-state index contributed by atoms with van der Waals surface area (Å²) in [6.07, 6.45) is 11.3. The lowest BCUT2D eigenvalue weighted by Gasteiger charge is -2.39. The highest BCUT2D eigenvalue weighted by Crippen LogP contribution is 2.35. The molecule has 3 fully saturated rings. The fraction of sp³-hybridized carbons (Fsp3) is 0.800. The van der Waals surface area contributed by atoms with Crippen molar-refractivity contribution in [1.82, 2.24) is 20.3 Å². The fourth-order valence-corrected chi connectivity index (χ4v) is 101. The lowest BCUT2D eigenvalue weighted by molar-refractivity contribution is -0.122. The van der Waals surface area contributed by atoms with Gasteiger partial charge in [0, 0.05) is 396 Å². The van der Waals surface area contributed by atoms with Crippen molar-refractivity contribution >= 4 is 363 Å². The molecule has 7 nitrogen and oxygen atoms in total. The topological polar surface area (TPSA) is 103 Å². The second-order valence-electron chi connectivity index (χ2n) is 11.1. The lowest BCUT2D eigenvalue weighted by atomic mass is 9.76. The van der Waals surface area contributed by atoms with E-state index in [0.717, 1.165) is 5.69 Å². The molecule has 1 aromatic heterocycles. The van der Waals surface area contributed by atoms with E-state index in [4.69, 9.17) is 28.1 Å². The third-order valence-electron chi connectivity index (χ3n) is 7.27. The van der Waals surface area contributed by atoms with Crippen LogP contribution in [0.5, 0.6) is 0 Å². The Morgan fingerprint density at radius 2 is 0.939 bits per heavy atom. The van der Waals surface area contributed by atoms with Crippen LogP contribution in [0.25, 0.3) is 0 Å². The summed E-state index contributed by atoms with van der Waals surface area (Å²) in [4.78, 5) is 22.4. The van der Waals surface area contributed by atoms with E-state index in [9.17, 15) is 9.59 Å². The molecule has 3 aliphatic rings. The molecule has 46 heteroatoms. The molecule has 1 saturated heterocycles. The molecule has 384 valence electrons. The number of nitrogens with two attached hydrogens (primary N) is 1. The van der Waals surface area contributed by atoms with E-state index in [2.05, 4.69) is 15.6 Å². The summed E-state index contributed by atoms with van der Waals surface area (Å²) in [7, 11) is 67.4. The van der Waals surface area contributed by atoms with E-state index >= 15 is 0 Å². The zero-order chi connectivity index (χ0) is 47.6. The zero-order valence-electron chi connectivity index (χ0n) is 32.5. The molecule has 0 spiro atoms. The van der Waals surface area contributed by atoms with Crippen LogP contribution in [0.2, 0.25) is 0 Å². The van der Waals surface area contributed by atoms with Crippen LogP contribution >= 0.6 is 0 Å². The molecule has 1 aliphatic heterocycles. The highest BCUT2D eigenvalue weighted by Gasteiger charge is 2.35. The van der Waals surface area contributed by atoms with Crippen molar-refractivity contribution in [2.75, 3.05) is 0 Å². The molecule has 0 radical (unpaired) electrons. The quantitative estimate of drug-likeness (QED) is 0.463. The summed E-state index contributed by atoms with van der Waals surface area (Å²) >= 11 is 9.60. The maximum Gasteiger partial charge on any atom is 0.136 e. The summed E-state index contributed by atoms with van der Waals surface area (Å²) in [5.41, 5.74) is 6.65. The Morgan fingerprint density at radius 3 is 1.18 bits per heavy atom. The number of nitrogens with one attached hydrogen (secondary N) is 1. The van der Waals surface area contributed by atoms with Gasteiger partial charge in [0.2, 0.25) is 0 Å². The molecule has 2 heterocycles. The summed E-state index contributed by atoms with van der Waals surface area (Å²) in [6, 6.07) is 0.568. The first-order chi connectivity index (χ1) is 32.3. The molecular formula is C20H33N5O2S39. The number of piperidine rings is 1. The number of carbonyl (C=O) groups excluding carboxylic acids is 2. The average Bonchev–Trinajstić information content (AvgIpc) is 3.70. The van der Waals surface area contributed by atoms with Crippen molar-refractivity contribution in [3.05, 3.63) is 11.9 Å². The molecule has 4 rings (SSSR count). The third kappa shape index (κ3) is 41.1. The maximum absolute atomic E-state index is 11.8. The Balaban J connectivity index is 0.000000441. The molecule has 2 saturated carbocycles. The minimum atomic E-state index is 0.0653. The summed E-state index contributed by atoms with van der Waals surface area (Å²) in [5.74, 6) is 1.91. The van der Waals surface area contributed by atoms with Gasteiger partial charge in [-0.05, 0) is 44.4 Å². The Kier molecular flexibility index (Phi) is 53.8. The zero-order valence-corrected chi connectivity index (χ0v) is 64.3. The van der Waals surface area contributed by atoms with Crippen molar-refractivity contribution < 1.29 is 9.59 Å². The standard InChI is InChI=1S/C12H18N4O.C8H15NO.S39/c1-16-7-12(14-15-16)11-6-9(17)5-10(13-11)8-3-2-4-8;1-6(10)5-8(9)7-3-2-4-7;1-3-5-7-9-11-13-15-17-19-21-23-25-27-29-31-33-35-37-39-38-36-34-32-30-28-26-24-22-20-18-16-14-12-10-8-6-4-2/h7-8,10-11,13H,2-6H2,1H3;7-8H,2-5,9H2,1H3;. The minimum Gasteiger partial charge on any atom is -0.327 e. The molecule has 3 unspecified atom stereocenters. The van der Waals surface area contributed by atoms with E-state index < -0.39 is 0 Å². The van der Waals surface area contributed by atoms with Gasteiger partial charge in [0.05, 0.1) is 6.04 Å². The lowest BCUT2D eigenvalue weighted by Crippen LogP contribution is -2.47. The summed E-state index contributed by atoms with van der Waals surface area (Å²) < 4.78 is 1.69. The van der Waals surface area contributed by atoms with Crippen molar-refractivity contribution in [3.8, 4) is 0 Å². The summed E-state index contributed by atoms with van der Waals surface area (Å²) in [6.45, 7) is 1.61. The molecule has 0 bridgehead atoms. The van der Waals surface area contributed by atoms with Gasteiger partial charge in [-0.15, -0.1) is 5.10 Å². The predicted molar refractivity (Wildman–Crippen MR) is 390 cm³/mol. The number of carbonyl (C=O) groups is 2. The maximum atomic E-state index is 11.8. The van der Waals surface area contributed by atoms with Crippen LogP contribution in [-0.4, -0.2) is 38.6 Å². The molecular weight excluding hydrogens is 1590 g/mol. The van der Waals surface area contributed by atoms with E-state index in [1.54, 1.807) is 118 Å². The number of aromatic nitrogens is 3. The molecule has 3 N–H and O–H groups in total. The van der Waals surface area contributed by atoms with Crippen LogP contribution in [0.1, 0.15) is 76.4 Å². The van der Waals surface area contributed by atoms with E-state index in [0.29, 0.717) is 42.9 Å². The average molecular weight is 1630 g/mol. The molecule has 0 aromatic carbocycles. The van der Waals surface area contributed by atoms with Gasteiger partial charge in [0.15, 0.2) is 0 Å². The number of aryl methyl sites for hydroxylation is 1. The van der Waals surface area contributed by atoms with Crippen LogP contribution in [0.3, 0.4) is 0 Å². The van der Waals surface area contributed by atoms with Crippen molar-refractivity contribution in [2.24, 2.45) is 24.6 Å². The molecule has 2 aliphatic carbocycles. The van der Waals surface area contributed by atoms with Crippen molar-refractivity contribution in [2.45, 2.75) is 82.8 Å². The second kappa shape index (κ2) is 51.4. The number of Topliss-reactive ketones (excluding diaryl/α,β-unsaturated/α-hetero) is 2. The van der Waals surface area contributed by atoms with Gasteiger partial charge >= 0.3 is 0 Å². The molecule has 66 heavy (non-hydrogen) atoms. The Labute approximate surface area is 500 Å². The fourth-order valence-electron chi connectivity index (χ4n) is 4.56. The largest absolute Gasteiger partial charge is 0.327 e. The highest BCUT2D eigenvalue weighted by molar-refractivity contribution is 8.81. The van der Waals surface area contributed by atoms with Crippen LogP contribution in [0.4, 0.5) is 0 Å². The van der Waals surface area contributed by atoms with Gasteiger partial charge in [0.1, 0.15) is 17.3 Å². The van der Waals surface area contributed by atoms with E-state index in [1.807, 2.05) is 217 Å². The monoisotopic (exact) mass is 1620 g/mol. The minimum absolute atomic E-state index is 0.0653. The first kappa shape index (κ1) is 69.1. The van der Waals surface area contributed by atoms with Gasteiger partial charge in [-0.3, -0.25) is 14.3 Å². The number of ketones is 2. The van der Waals surface area contributed by atoms with Crippen LogP contribution in [-0.2, 0) is 368 Å². The number of hydrogen-bond donors (Lipinski definition) is 2. The van der Waals surface area contributed by atoms with Gasteiger partial charge in [-0.25, -0.2) is 0 Å². The first-order valence-corrected chi connectivity index (χ1v) is 67.3. The van der Waals surface area contributed by atoms with Crippen molar-refractivity contribution in [3.63, 3.8) is 0 Å². The van der Waals surface area contributed by atoms with E-state index in [-0.39, 0.29) is 17.9 Å². The Hall–Kier alpha value is 6.98. The molecule has 1 aromatic rings. The van der Waals surface area contributed by atoms with Crippen LogP contribution in [0, 0.1) is 11.8 Å². The highest BCUT2D eigenvalue weighted by atomic mass is 33.5. The Morgan fingerprint density at radius 1 is 0.606 bits per heavy atom. The molecule has 0 amide bonds. The van der Waals surface area contributed by atoms with Gasteiger partial charge in [-0.1, -0.05) is 18.1 Å².